The number of carbonyl (C=O) groups is 6. The standard InChI is InChI=1S/C20H24O4S2.C12H8O4S2.C12H4O4S2.2CO2/c1-5-19(17(21)23-7-3)13-9-11-26-16(13)20(6-2,18(22)24-8-4)14-10-12-25-15(14)19;2*13-11(14)7-5-1-3-17-9(5)8(12(15)16)6-2-4-18-10(6)7;2*2-1-3/h9-12H,5-8H2,1-4H3;1,3H,2,4H2,(H,13,14)(H,15,16);1-3H,(H-,13,14,15,16);;/p+1. The minimum absolute atomic E-state index is 0.164. The van der Waals surface area contributed by atoms with Gasteiger partial charge in [-0.15, -0.1) is 57.1 Å². The van der Waals surface area contributed by atoms with E-state index in [1.54, 1.807) is 22.9 Å². The number of thioether (sulfide) groups is 2. The molecule has 0 bridgehead atoms. The normalized spacial score (nSPS) is 16.3. The molecule has 1 aliphatic carbocycles. The largest absolute Gasteiger partial charge is 0.478 e. The second-order valence-corrected chi connectivity index (χ2v) is 19.6. The van der Waals surface area contributed by atoms with Gasteiger partial charge in [-0.2, -0.15) is 19.2 Å². The van der Waals surface area contributed by atoms with Crippen molar-refractivity contribution < 1.29 is 77.8 Å². The molecular weight excluding hydrogens is 1000 g/mol. The Balaban J connectivity index is 0.000000183. The smallest absolute Gasteiger partial charge is 0.373 e. The molecule has 22 heteroatoms. The fourth-order valence-corrected chi connectivity index (χ4v) is 14.9. The van der Waals surface area contributed by atoms with Crippen LogP contribution < -0.4 is 0 Å². The summed E-state index contributed by atoms with van der Waals surface area (Å²) >= 11 is 8.14. The summed E-state index contributed by atoms with van der Waals surface area (Å²) in [6, 6.07) is 7.30. The third-order valence-corrected chi connectivity index (χ3v) is 17.0. The van der Waals surface area contributed by atoms with E-state index in [4.69, 9.17) is 28.7 Å². The summed E-state index contributed by atoms with van der Waals surface area (Å²) in [6.07, 6.45) is 3.84. The van der Waals surface area contributed by atoms with Crippen LogP contribution >= 0.6 is 68.9 Å². The van der Waals surface area contributed by atoms with Crippen molar-refractivity contribution in [3.8, 4) is 0 Å². The molecule has 6 aromatic rings. The van der Waals surface area contributed by atoms with Crippen LogP contribution in [0.3, 0.4) is 0 Å². The molecule has 2 unspecified atom stereocenters. The van der Waals surface area contributed by atoms with Gasteiger partial charge in [0.15, 0.2) is 11.6 Å². The molecule has 3 aliphatic rings. The quantitative estimate of drug-likeness (QED) is 0.0734. The van der Waals surface area contributed by atoms with Gasteiger partial charge in [-0.05, 0) is 95.6 Å². The third kappa shape index (κ3) is 9.18. The van der Waals surface area contributed by atoms with Crippen LogP contribution in [0.15, 0.2) is 55.6 Å². The van der Waals surface area contributed by atoms with Gasteiger partial charge in [0.25, 0.3) is 0 Å². The van der Waals surface area contributed by atoms with Gasteiger partial charge in [0.2, 0.25) is 0 Å². The molecule has 0 fully saturated rings. The van der Waals surface area contributed by atoms with Crippen molar-refractivity contribution in [1.29, 1.82) is 0 Å². The molecule has 2 aromatic carbocycles. The second kappa shape index (κ2) is 22.7. The van der Waals surface area contributed by atoms with E-state index < -0.39 is 34.7 Å². The lowest BCUT2D eigenvalue weighted by atomic mass is 9.62. The molecule has 352 valence electrons. The Bertz CT molecular complexity index is 2830. The first-order chi connectivity index (χ1) is 32.6. The Kier molecular flexibility index (Phi) is 17.5. The van der Waals surface area contributed by atoms with E-state index in [2.05, 4.69) is 5.41 Å². The van der Waals surface area contributed by atoms with Crippen molar-refractivity contribution in [3.63, 3.8) is 0 Å². The Morgan fingerprint density at radius 2 is 1.01 bits per heavy atom. The molecule has 9 rings (SSSR count). The molecule has 16 nitrogen and oxygen atoms in total. The fraction of sp³-hybridized carbons (Fsp3) is 0.261. The predicted molar refractivity (Wildman–Crippen MR) is 254 cm³/mol. The number of aromatic carboxylic acids is 4. The Hall–Kier alpha value is -6.31. The van der Waals surface area contributed by atoms with E-state index in [-0.39, 0.29) is 46.5 Å². The van der Waals surface area contributed by atoms with E-state index in [1.165, 1.54) is 63.2 Å². The predicted octanol–water partition coefficient (Wildman–Crippen LogP) is 9.60. The van der Waals surface area contributed by atoms with Crippen molar-refractivity contribution in [2.24, 2.45) is 0 Å². The highest BCUT2D eigenvalue weighted by atomic mass is 32.2. The SMILES string of the molecule is CCOC(=O)C1(CC)c2ccsc2C(CC)(C(=O)OCC)c2ccsc21.O=C(O)c1c2c(c(C(=O)O)c3sccc13)C=[C+]S2.O=C(O)c1c2c(c(C(=O)O)c3sccc13)CCS2.O=C=O.O=C=O. The summed E-state index contributed by atoms with van der Waals surface area (Å²) in [6.45, 7) is 8.32. The highest BCUT2D eigenvalue weighted by Gasteiger charge is 2.59. The van der Waals surface area contributed by atoms with Crippen molar-refractivity contribution in [3.05, 3.63) is 105 Å². The Morgan fingerprint density at radius 1 is 0.603 bits per heavy atom. The molecule has 4 aromatic heterocycles. The highest BCUT2D eigenvalue weighted by molar-refractivity contribution is 8.01. The number of rotatable bonds is 10. The summed E-state index contributed by atoms with van der Waals surface area (Å²) in [5, 5.41) is 48.5. The fourth-order valence-electron chi connectivity index (χ4n) is 8.42. The molecule has 68 heavy (non-hydrogen) atoms. The van der Waals surface area contributed by atoms with Gasteiger partial charge < -0.3 is 29.9 Å². The lowest BCUT2D eigenvalue weighted by Gasteiger charge is -2.42. The van der Waals surface area contributed by atoms with Crippen molar-refractivity contribution in [2.75, 3.05) is 19.0 Å². The zero-order valence-corrected chi connectivity index (χ0v) is 41.0. The molecule has 0 amide bonds. The van der Waals surface area contributed by atoms with Gasteiger partial charge in [-0.3, -0.25) is 9.59 Å². The van der Waals surface area contributed by atoms with Crippen molar-refractivity contribution in [1.82, 2.24) is 0 Å². The lowest BCUT2D eigenvalue weighted by molar-refractivity contribution is -0.193. The zero-order chi connectivity index (χ0) is 50.1. The first-order valence-electron chi connectivity index (χ1n) is 20.0. The average Bonchev–Trinajstić information content (AvgIpc) is 4.16. The third-order valence-electron chi connectivity index (χ3n) is 11.0. The van der Waals surface area contributed by atoms with E-state index in [0.717, 1.165) is 38.4 Å². The minimum Gasteiger partial charge on any atom is -0.478 e. The topological polar surface area (TPSA) is 270 Å². The van der Waals surface area contributed by atoms with E-state index in [0.29, 0.717) is 73.6 Å². The number of ether oxygens (including phenoxy) is 2. The van der Waals surface area contributed by atoms with Gasteiger partial charge in [0, 0.05) is 35.9 Å². The number of hydrogen-bond donors (Lipinski definition) is 4. The first-order valence-corrected chi connectivity index (χ1v) is 25.4. The highest BCUT2D eigenvalue weighted by Crippen LogP contribution is 2.57. The van der Waals surface area contributed by atoms with Crippen molar-refractivity contribution in [2.45, 2.75) is 67.6 Å². The number of fused-ring (bicyclic) bond motifs is 6. The molecule has 4 N–H and O–H groups in total. The molecule has 0 saturated heterocycles. The van der Waals surface area contributed by atoms with Crippen LogP contribution in [0, 0.1) is 5.41 Å². The summed E-state index contributed by atoms with van der Waals surface area (Å²) in [7, 11) is 0. The Morgan fingerprint density at radius 3 is 1.43 bits per heavy atom. The summed E-state index contributed by atoms with van der Waals surface area (Å²) in [5.41, 5.74) is 2.09. The van der Waals surface area contributed by atoms with Gasteiger partial charge in [-0.25, -0.2) is 19.2 Å². The zero-order valence-electron chi connectivity index (χ0n) is 36.1. The van der Waals surface area contributed by atoms with Crippen LogP contribution in [0.4, 0.5) is 0 Å². The second-order valence-electron chi connectivity index (χ2n) is 14.0. The molecule has 0 saturated carbocycles. The van der Waals surface area contributed by atoms with Gasteiger partial charge >= 0.3 is 48.1 Å². The number of carboxylic acids is 4. The van der Waals surface area contributed by atoms with Crippen LogP contribution in [0.1, 0.15) is 114 Å². The molecule has 6 heterocycles. The van der Waals surface area contributed by atoms with Crippen LogP contribution in [0.25, 0.3) is 26.2 Å². The van der Waals surface area contributed by atoms with Gasteiger partial charge in [0.05, 0.1) is 40.8 Å². The molecule has 2 atom stereocenters. The molecular formula is C46H37O16S6+. The van der Waals surface area contributed by atoms with Crippen LogP contribution in [-0.2, 0) is 55.5 Å². The number of thiophene rings is 4. The Labute approximate surface area is 410 Å². The van der Waals surface area contributed by atoms with Crippen LogP contribution in [-0.4, -0.2) is 87.5 Å². The summed E-state index contributed by atoms with van der Waals surface area (Å²) < 4.78 is 12.1. The molecule has 2 aliphatic heterocycles. The summed E-state index contributed by atoms with van der Waals surface area (Å²) in [4.78, 5) is 107. The number of esters is 2. The van der Waals surface area contributed by atoms with Gasteiger partial charge in [-0.1, -0.05) is 13.8 Å². The van der Waals surface area contributed by atoms with Crippen LogP contribution in [0.5, 0.6) is 0 Å². The monoisotopic (exact) mass is 1040 g/mol. The number of benzene rings is 2. The molecule has 0 radical (unpaired) electrons. The van der Waals surface area contributed by atoms with E-state index in [1.807, 2.05) is 50.6 Å². The van der Waals surface area contributed by atoms with Crippen LogP contribution in [0.2, 0.25) is 0 Å². The summed E-state index contributed by atoms with van der Waals surface area (Å²) in [5.74, 6) is -3.78. The van der Waals surface area contributed by atoms with E-state index in [9.17, 15) is 49.2 Å². The minimum atomic E-state index is -1.05. The lowest BCUT2D eigenvalue weighted by Crippen LogP contribution is -2.49. The molecule has 0 spiro atoms. The van der Waals surface area contributed by atoms with E-state index >= 15 is 0 Å². The first kappa shape index (κ1) is 52.7. The van der Waals surface area contributed by atoms with Crippen molar-refractivity contribution >= 4 is 143 Å². The number of carboxylic acid groups (broad SMARTS) is 4. The average molecular weight is 1040 g/mol. The maximum absolute atomic E-state index is 13.1. The maximum atomic E-state index is 13.1. The number of hydrogen-bond acceptors (Lipinski definition) is 18. The van der Waals surface area contributed by atoms with Gasteiger partial charge in [0.1, 0.15) is 32.3 Å². The maximum Gasteiger partial charge on any atom is 0.373 e. The number of carbonyl (C=O) groups excluding carboxylic acids is 6.